The number of halogens is 1. The second kappa shape index (κ2) is 8.30. The first kappa shape index (κ1) is 18.3. The van der Waals surface area contributed by atoms with Crippen LogP contribution in [0.2, 0.25) is 0 Å². The molecule has 29 heavy (non-hydrogen) atoms. The number of benzene rings is 3. The van der Waals surface area contributed by atoms with Crippen LogP contribution in [0.5, 0.6) is 11.5 Å². The molecule has 0 saturated heterocycles. The lowest BCUT2D eigenvalue weighted by molar-refractivity contribution is -0.117. The maximum Gasteiger partial charge on any atom is 0.248 e. The summed E-state index contributed by atoms with van der Waals surface area (Å²) in [7, 11) is 0. The molecule has 0 aliphatic carbocycles. The van der Waals surface area contributed by atoms with Gasteiger partial charge in [0.1, 0.15) is 18.1 Å². The molecule has 4 aromatic rings. The molecule has 1 aromatic heterocycles. The lowest BCUT2D eigenvalue weighted by Gasteiger charge is -2.12. The molecule has 1 heterocycles. The van der Waals surface area contributed by atoms with Crippen molar-refractivity contribution in [3.8, 4) is 22.9 Å². The van der Waals surface area contributed by atoms with Crippen molar-refractivity contribution in [3.63, 3.8) is 0 Å². The highest BCUT2D eigenvalue weighted by molar-refractivity contribution is 5.92. The Morgan fingerprint density at radius 1 is 1.00 bits per heavy atom. The van der Waals surface area contributed by atoms with Gasteiger partial charge in [-0.3, -0.25) is 4.79 Å². The van der Waals surface area contributed by atoms with Gasteiger partial charge >= 0.3 is 0 Å². The molecule has 3 aromatic carbocycles. The summed E-state index contributed by atoms with van der Waals surface area (Å²) in [5.41, 5.74) is 1.26. The number of tetrazole rings is 1. The molecule has 144 valence electrons. The highest BCUT2D eigenvalue weighted by atomic mass is 19.1. The van der Waals surface area contributed by atoms with Crippen molar-refractivity contribution >= 4 is 11.6 Å². The van der Waals surface area contributed by atoms with Gasteiger partial charge in [0.15, 0.2) is 5.75 Å². The molecule has 0 radical (unpaired) electrons. The van der Waals surface area contributed by atoms with Crippen LogP contribution in [0.4, 0.5) is 10.1 Å². The normalized spacial score (nSPS) is 10.5. The molecule has 1 N–H and O–H groups in total. The number of amides is 1. The van der Waals surface area contributed by atoms with E-state index in [4.69, 9.17) is 4.74 Å². The fraction of sp³-hybridized carbons (Fsp3) is 0.0476. The zero-order chi connectivity index (χ0) is 20.1. The number of aromatic nitrogens is 4. The molecule has 1 amide bonds. The Kier molecular flexibility index (Phi) is 5.24. The number of carbonyl (C=O) groups is 1. The molecule has 0 unspecified atom stereocenters. The lowest BCUT2D eigenvalue weighted by atomic mass is 10.2. The SMILES string of the molecule is O=C(Cn1nnc(-c2ccccc2)n1)Nc1ccccc1Oc1cccc(F)c1. The fourth-order valence-corrected chi connectivity index (χ4v) is 2.65. The summed E-state index contributed by atoms with van der Waals surface area (Å²) >= 11 is 0. The van der Waals surface area contributed by atoms with E-state index in [9.17, 15) is 9.18 Å². The molecule has 0 bridgehead atoms. The summed E-state index contributed by atoms with van der Waals surface area (Å²) in [5.74, 6) is 0.404. The minimum absolute atomic E-state index is 0.117. The van der Waals surface area contributed by atoms with Crippen LogP contribution in [0.25, 0.3) is 11.4 Å². The van der Waals surface area contributed by atoms with Gasteiger partial charge in [-0.2, -0.15) is 4.80 Å². The third kappa shape index (κ3) is 4.62. The van der Waals surface area contributed by atoms with Gasteiger partial charge in [0.2, 0.25) is 11.7 Å². The van der Waals surface area contributed by atoms with Gasteiger partial charge in [0, 0.05) is 11.6 Å². The molecular formula is C21H16FN5O2. The number of nitrogens with one attached hydrogen (secondary N) is 1. The number of ether oxygens (including phenoxy) is 1. The summed E-state index contributed by atoms with van der Waals surface area (Å²) in [6.45, 7) is -0.117. The Morgan fingerprint density at radius 2 is 1.79 bits per heavy atom. The number of nitrogens with zero attached hydrogens (tertiary/aromatic N) is 4. The van der Waals surface area contributed by atoms with Crippen LogP contribution in [0.15, 0.2) is 78.9 Å². The van der Waals surface area contributed by atoms with Gasteiger partial charge in [0.25, 0.3) is 0 Å². The number of rotatable bonds is 6. The summed E-state index contributed by atoms with van der Waals surface area (Å²) in [6.07, 6.45) is 0. The van der Waals surface area contributed by atoms with Crippen molar-refractivity contribution in [1.82, 2.24) is 20.2 Å². The lowest BCUT2D eigenvalue weighted by Crippen LogP contribution is -2.20. The number of anilines is 1. The van der Waals surface area contributed by atoms with Crippen molar-refractivity contribution < 1.29 is 13.9 Å². The van der Waals surface area contributed by atoms with Gasteiger partial charge in [0.05, 0.1) is 5.69 Å². The third-order valence-electron chi connectivity index (χ3n) is 3.95. The average molecular weight is 389 g/mol. The maximum absolute atomic E-state index is 13.4. The monoisotopic (exact) mass is 389 g/mol. The van der Waals surface area contributed by atoms with Crippen LogP contribution in [-0.4, -0.2) is 26.1 Å². The molecule has 0 aliphatic heterocycles. The summed E-state index contributed by atoms with van der Waals surface area (Å²) in [5, 5.41) is 14.9. The number of para-hydroxylation sites is 2. The number of hydrogen-bond donors (Lipinski definition) is 1. The van der Waals surface area contributed by atoms with Crippen molar-refractivity contribution in [2.24, 2.45) is 0 Å². The van der Waals surface area contributed by atoms with Gasteiger partial charge < -0.3 is 10.1 Å². The summed E-state index contributed by atoms with van der Waals surface area (Å²) in [6, 6.07) is 22.0. The van der Waals surface area contributed by atoms with E-state index in [0.29, 0.717) is 23.0 Å². The highest BCUT2D eigenvalue weighted by Gasteiger charge is 2.12. The molecule has 7 nitrogen and oxygen atoms in total. The zero-order valence-corrected chi connectivity index (χ0v) is 15.2. The molecule has 4 rings (SSSR count). The molecule has 0 aliphatic rings. The van der Waals surface area contributed by atoms with Crippen LogP contribution in [0, 0.1) is 5.82 Å². The summed E-state index contributed by atoms with van der Waals surface area (Å²) < 4.78 is 19.1. The van der Waals surface area contributed by atoms with Crippen LogP contribution < -0.4 is 10.1 Å². The van der Waals surface area contributed by atoms with E-state index >= 15 is 0 Å². The fourth-order valence-electron chi connectivity index (χ4n) is 2.65. The van der Waals surface area contributed by atoms with Gasteiger partial charge in [-0.15, -0.1) is 10.2 Å². The van der Waals surface area contributed by atoms with Crippen LogP contribution in [0.3, 0.4) is 0 Å². The first-order chi connectivity index (χ1) is 14.2. The van der Waals surface area contributed by atoms with Crippen molar-refractivity contribution in [2.75, 3.05) is 5.32 Å². The Balaban J connectivity index is 1.45. The van der Waals surface area contributed by atoms with Crippen molar-refractivity contribution in [1.29, 1.82) is 0 Å². The quantitative estimate of drug-likeness (QED) is 0.541. The third-order valence-corrected chi connectivity index (χ3v) is 3.95. The van der Waals surface area contributed by atoms with Crippen LogP contribution in [-0.2, 0) is 11.3 Å². The van der Waals surface area contributed by atoms with Crippen molar-refractivity contribution in [3.05, 3.63) is 84.7 Å². The van der Waals surface area contributed by atoms with E-state index in [0.717, 1.165) is 5.56 Å². The molecule has 0 atom stereocenters. The van der Waals surface area contributed by atoms with Gasteiger partial charge in [-0.05, 0) is 29.5 Å². The second-order valence-corrected chi connectivity index (χ2v) is 6.11. The Morgan fingerprint density at radius 3 is 2.62 bits per heavy atom. The molecule has 0 saturated carbocycles. The predicted molar refractivity (Wildman–Crippen MR) is 105 cm³/mol. The predicted octanol–water partition coefficient (Wildman–Crippen LogP) is 3.91. The first-order valence-corrected chi connectivity index (χ1v) is 8.83. The molecule has 8 heteroatoms. The Labute approximate surface area is 165 Å². The Bertz CT molecular complexity index is 1130. The highest BCUT2D eigenvalue weighted by Crippen LogP contribution is 2.29. The zero-order valence-electron chi connectivity index (χ0n) is 15.2. The van der Waals surface area contributed by atoms with Gasteiger partial charge in [-0.1, -0.05) is 48.5 Å². The second-order valence-electron chi connectivity index (χ2n) is 6.11. The van der Waals surface area contributed by atoms with Crippen LogP contribution >= 0.6 is 0 Å². The van der Waals surface area contributed by atoms with Crippen LogP contribution in [0.1, 0.15) is 0 Å². The smallest absolute Gasteiger partial charge is 0.248 e. The topological polar surface area (TPSA) is 81.9 Å². The van der Waals surface area contributed by atoms with Gasteiger partial charge in [-0.25, -0.2) is 4.39 Å². The largest absolute Gasteiger partial charge is 0.455 e. The van der Waals surface area contributed by atoms with E-state index in [-0.39, 0.29) is 12.5 Å². The standard InChI is InChI=1S/C21H16FN5O2/c22-16-9-6-10-17(13-16)29-19-12-5-4-11-18(19)23-20(28)14-27-25-21(24-26-27)15-7-2-1-3-8-15/h1-13H,14H2,(H,23,28). The summed E-state index contributed by atoms with van der Waals surface area (Å²) in [4.78, 5) is 13.6. The minimum atomic E-state index is -0.407. The Hall–Kier alpha value is -4.07. The number of hydrogen-bond acceptors (Lipinski definition) is 5. The number of carbonyl (C=O) groups excluding carboxylic acids is 1. The minimum Gasteiger partial charge on any atom is -0.455 e. The molecule has 0 spiro atoms. The van der Waals surface area contributed by atoms with E-state index < -0.39 is 5.82 Å². The van der Waals surface area contributed by atoms with Crippen molar-refractivity contribution in [2.45, 2.75) is 6.54 Å². The maximum atomic E-state index is 13.4. The average Bonchev–Trinajstić information content (AvgIpc) is 3.18. The van der Waals surface area contributed by atoms with E-state index in [1.165, 1.54) is 16.9 Å². The molecule has 0 fully saturated rings. The van der Waals surface area contributed by atoms with E-state index in [1.54, 1.807) is 36.4 Å². The molecular weight excluding hydrogens is 373 g/mol. The first-order valence-electron chi connectivity index (χ1n) is 8.83. The van der Waals surface area contributed by atoms with E-state index in [2.05, 4.69) is 20.7 Å². The van der Waals surface area contributed by atoms with E-state index in [1.807, 2.05) is 30.3 Å².